The molecule has 0 aliphatic carbocycles. The zero-order valence-electron chi connectivity index (χ0n) is 6.09. The maximum absolute atomic E-state index is 10.3. The van der Waals surface area contributed by atoms with Crippen molar-refractivity contribution in [2.24, 2.45) is 0 Å². The molecule has 0 amide bonds. The summed E-state index contributed by atoms with van der Waals surface area (Å²) >= 11 is 0.704. The van der Waals surface area contributed by atoms with E-state index in [9.17, 15) is 4.21 Å². The molecule has 0 fully saturated rings. The van der Waals surface area contributed by atoms with Gasteiger partial charge in [0.2, 0.25) is 5.25 Å². The van der Waals surface area contributed by atoms with Gasteiger partial charge in [0.25, 0.3) is 0 Å². The van der Waals surface area contributed by atoms with Gasteiger partial charge in [0.05, 0.1) is 0 Å². The van der Waals surface area contributed by atoms with Gasteiger partial charge in [0.15, 0.2) is 0 Å². The molecule has 0 spiro atoms. The lowest BCUT2D eigenvalue weighted by molar-refractivity contribution is 0.594. The molecule has 0 heterocycles. The van der Waals surface area contributed by atoms with Crippen molar-refractivity contribution in [3.8, 4) is 0 Å². The summed E-state index contributed by atoms with van der Waals surface area (Å²) in [5.41, 5.74) is 0. The van der Waals surface area contributed by atoms with Crippen LogP contribution < -0.4 is 0 Å². The highest BCUT2D eigenvalue weighted by atomic mass is 32.1. The fraction of sp³-hybridized carbons (Fsp3) is 0.857. The van der Waals surface area contributed by atoms with Gasteiger partial charge in [-0.1, -0.05) is 20.3 Å². The number of unbranched alkanes of at least 4 members (excludes halogenated alkanes) is 1. The highest BCUT2D eigenvalue weighted by Crippen LogP contribution is 2.04. The molecule has 0 saturated carbocycles. The molecular weight excluding hydrogens is 132 g/mol. The van der Waals surface area contributed by atoms with Crippen LogP contribution in [-0.4, -0.2) is 5.25 Å². The van der Waals surface area contributed by atoms with Crippen molar-refractivity contribution in [1.29, 1.82) is 0 Å². The summed E-state index contributed by atoms with van der Waals surface area (Å²) in [6.07, 6.45) is 5.38. The Morgan fingerprint density at radius 3 is 2.67 bits per heavy atom. The van der Waals surface area contributed by atoms with Crippen LogP contribution in [0.3, 0.4) is 0 Å². The van der Waals surface area contributed by atoms with E-state index in [2.05, 4.69) is 6.92 Å². The summed E-state index contributed by atoms with van der Waals surface area (Å²) in [5, 5.41) is 0.241. The molecule has 1 atom stereocenters. The van der Waals surface area contributed by atoms with Crippen molar-refractivity contribution >= 4 is 11.7 Å². The van der Waals surface area contributed by atoms with Gasteiger partial charge in [0, 0.05) is 17.1 Å². The second-order valence-corrected chi connectivity index (χ2v) is 2.91. The van der Waals surface area contributed by atoms with Gasteiger partial charge in [-0.05, 0) is 6.42 Å². The van der Waals surface area contributed by atoms with Crippen molar-refractivity contribution < 1.29 is 4.21 Å². The average molecular weight is 146 g/mol. The molecule has 53 valence electrons. The highest BCUT2D eigenvalue weighted by Gasteiger charge is 2.17. The van der Waals surface area contributed by atoms with E-state index in [-0.39, 0.29) is 5.25 Å². The summed E-state index contributed by atoms with van der Waals surface area (Å²) < 4.78 is 10.3. The molecule has 1 unspecified atom stereocenters. The first kappa shape index (κ1) is 9.02. The third kappa shape index (κ3) is 4.52. The van der Waals surface area contributed by atoms with Gasteiger partial charge in [-0.3, -0.25) is 0 Å². The Bertz CT molecular complexity index is 73.3. The Kier molecular flexibility index (Phi) is 6.16. The lowest BCUT2D eigenvalue weighted by Crippen LogP contribution is -2.03. The first-order chi connectivity index (χ1) is 4.35. The molecule has 0 aliphatic heterocycles. The molecule has 0 aliphatic rings. The second kappa shape index (κ2) is 6.14. The first-order valence-electron chi connectivity index (χ1n) is 3.43. The molecule has 0 rings (SSSR count). The van der Waals surface area contributed by atoms with E-state index in [0.717, 1.165) is 6.42 Å². The molecule has 1 radical (unpaired) electrons. The van der Waals surface area contributed by atoms with E-state index >= 15 is 0 Å². The molecule has 0 aromatic heterocycles. The summed E-state index contributed by atoms with van der Waals surface area (Å²) in [4.78, 5) is 0. The van der Waals surface area contributed by atoms with Crippen LogP contribution in [0.25, 0.3) is 0 Å². The van der Waals surface area contributed by atoms with Crippen LogP contribution in [0.2, 0.25) is 0 Å². The quantitative estimate of drug-likeness (QED) is 0.543. The predicted octanol–water partition coefficient (Wildman–Crippen LogP) is 2.20. The number of rotatable bonds is 5. The lowest BCUT2D eigenvalue weighted by atomic mass is 10.2. The van der Waals surface area contributed by atoms with E-state index in [0.29, 0.717) is 11.7 Å². The third-order valence-corrected chi connectivity index (χ3v) is 2.09. The van der Waals surface area contributed by atoms with Crippen LogP contribution in [0.15, 0.2) is 0 Å². The third-order valence-electron chi connectivity index (χ3n) is 1.34. The number of hydrogen-bond acceptors (Lipinski definition) is 1. The van der Waals surface area contributed by atoms with Crippen LogP contribution >= 0.6 is 0 Å². The van der Waals surface area contributed by atoms with Crippen molar-refractivity contribution in [2.75, 3.05) is 0 Å². The van der Waals surface area contributed by atoms with Crippen molar-refractivity contribution in [3.05, 3.63) is 6.42 Å². The Labute approximate surface area is 61.3 Å². The standard InChI is InChI=1S/C7H14OS/c1-3-5-6-7(4-2)9-8/h4,7H,3,5-6H2,1-2H3/q+1. The topological polar surface area (TPSA) is 17.1 Å². The molecule has 0 N–H and O–H groups in total. The maximum Gasteiger partial charge on any atom is 0.462 e. The largest absolute Gasteiger partial charge is 0.462 e. The molecule has 0 saturated heterocycles. The fourth-order valence-corrected chi connectivity index (χ4v) is 1.05. The summed E-state index contributed by atoms with van der Waals surface area (Å²) in [6, 6.07) is 0. The predicted molar refractivity (Wildman–Crippen MR) is 41.3 cm³/mol. The number of hydrogen-bond donors (Lipinski definition) is 0. The van der Waals surface area contributed by atoms with E-state index in [1.165, 1.54) is 12.8 Å². The summed E-state index contributed by atoms with van der Waals surface area (Å²) in [6.45, 7) is 4.09. The molecule has 2 heteroatoms. The van der Waals surface area contributed by atoms with E-state index in [1.807, 2.05) is 13.3 Å². The molecular formula is C7H14OS+. The normalized spacial score (nSPS) is 13.1. The lowest BCUT2D eigenvalue weighted by Gasteiger charge is -1.92. The van der Waals surface area contributed by atoms with Crippen molar-refractivity contribution in [1.82, 2.24) is 0 Å². The van der Waals surface area contributed by atoms with Gasteiger partial charge >= 0.3 is 11.7 Å². The van der Waals surface area contributed by atoms with Crippen LogP contribution in [-0.2, 0) is 15.9 Å². The van der Waals surface area contributed by atoms with E-state index < -0.39 is 0 Å². The zero-order chi connectivity index (χ0) is 7.11. The smallest absolute Gasteiger partial charge is 0.0654 e. The Morgan fingerprint density at radius 1 is 1.67 bits per heavy atom. The Hall–Kier alpha value is 0.0200. The minimum atomic E-state index is 0.241. The molecule has 9 heavy (non-hydrogen) atoms. The van der Waals surface area contributed by atoms with E-state index in [1.54, 1.807) is 0 Å². The Balaban J connectivity index is 3.20. The maximum atomic E-state index is 10.3. The molecule has 1 nitrogen and oxygen atoms in total. The van der Waals surface area contributed by atoms with Crippen LogP contribution in [0, 0.1) is 6.42 Å². The van der Waals surface area contributed by atoms with Gasteiger partial charge in [0.1, 0.15) is 0 Å². The monoisotopic (exact) mass is 146 g/mol. The molecule has 0 bridgehead atoms. The second-order valence-electron chi connectivity index (χ2n) is 2.11. The van der Waals surface area contributed by atoms with Crippen LogP contribution in [0.1, 0.15) is 33.1 Å². The first-order valence-corrected chi connectivity index (χ1v) is 4.23. The van der Waals surface area contributed by atoms with Crippen molar-refractivity contribution in [3.63, 3.8) is 0 Å². The van der Waals surface area contributed by atoms with Gasteiger partial charge < -0.3 is 0 Å². The van der Waals surface area contributed by atoms with Gasteiger partial charge in [-0.25, -0.2) is 0 Å². The van der Waals surface area contributed by atoms with Gasteiger partial charge in [-0.2, -0.15) is 0 Å². The zero-order valence-corrected chi connectivity index (χ0v) is 6.91. The SMILES string of the molecule is C[CH]C(CCCC)[S+]=O. The minimum Gasteiger partial charge on any atom is -0.0654 e. The van der Waals surface area contributed by atoms with E-state index in [4.69, 9.17) is 0 Å². The average Bonchev–Trinajstić information content (AvgIpc) is 1.91. The highest BCUT2D eigenvalue weighted by molar-refractivity contribution is 7.66. The molecule has 0 aromatic rings. The van der Waals surface area contributed by atoms with Gasteiger partial charge in [-0.15, -0.1) is 0 Å². The molecule has 0 aromatic carbocycles. The fourth-order valence-electron chi connectivity index (χ4n) is 0.676. The Morgan fingerprint density at radius 2 is 2.33 bits per heavy atom. The summed E-state index contributed by atoms with van der Waals surface area (Å²) in [5.74, 6) is 0. The summed E-state index contributed by atoms with van der Waals surface area (Å²) in [7, 11) is 0. The van der Waals surface area contributed by atoms with Crippen LogP contribution in [0.4, 0.5) is 0 Å². The minimum absolute atomic E-state index is 0.241. The van der Waals surface area contributed by atoms with Crippen LogP contribution in [0.5, 0.6) is 0 Å². The van der Waals surface area contributed by atoms with Crippen molar-refractivity contribution in [2.45, 2.75) is 38.4 Å².